The van der Waals surface area contributed by atoms with E-state index in [0.717, 1.165) is 60.8 Å². The van der Waals surface area contributed by atoms with E-state index in [0.29, 0.717) is 13.1 Å². The zero-order chi connectivity index (χ0) is 26.0. The van der Waals surface area contributed by atoms with Crippen molar-refractivity contribution in [3.8, 4) is 0 Å². The van der Waals surface area contributed by atoms with Crippen molar-refractivity contribution in [2.75, 3.05) is 32.7 Å². The van der Waals surface area contributed by atoms with E-state index in [4.69, 9.17) is 4.99 Å². The highest BCUT2D eigenvalue weighted by molar-refractivity contribution is 5.86. The number of amidine groups is 1. The average Bonchev–Trinajstić information content (AvgIpc) is 3.29. The molecule has 0 bridgehead atoms. The summed E-state index contributed by atoms with van der Waals surface area (Å²) in [5.41, 5.74) is 1.67. The van der Waals surface area contributed by atoms with Gasteiger partial charge in [-0.2, -0.15) is 13.2 Å². The molecule has 0 aliphatic carbocycles. The van der Waals surface area contributed by atoms with Crippen LogP contribution in [0.2, 0.25) is 0 Å². The molecular weight excluding hydrogens is 487 g/mol. The number of hydrogen-bond donors (Lipinski definition) is 1. The Labute approximate surface area is 212 Å². The van der Waals surface area contributed by atoms with Crippen molar-refractivity contribution in [3.63, 3.8) is 0 Å². The molecule has 1 fully saturated rings. The SMILES string of the molecule is Fc1cccc(C2N=C(CN3CCN(Cc4ccc(C(F)(F)F)cc4)CC3)NC2c2cccc(F)c2)c1. The third kappa shape index (κ3) is 6.17. The van der Waals surface area contributed by atoms with Gasteiger partial charge in [-0.25, -0.2) is 8.78 Å². The number of rotatable bonds is 6. The standard InChI is InChI=1S/C28H27F5N4/c29-23-5-1-3-20(15-23)26-27(21-4-2-6-24(30)16-21)35-25(34-26)18-37-13-11-36(12-14-37)17-19-7-9-22(10-8-19)28(31,32)33/h1-10,15-16,26-27H,11-14,17-18H2,(H,34,35). The third-order valence-electron chi connectivity index (χ3n) is 6.86. The fraction of sp³-hybridized carbons (Fsp3) is 0.321. The number of benzene rings is 3. The molecular formula is C28H27F5N4. The van der Waals surface area contributed by atoms with Crippen LogP contribution < -0.4 is 5.32 Å². The van der Waals surface area contributed by atoms with Gasteiger partial charge in [0.2, 0.25) is 0 Å². The molecule has 1 saturated heterocycles. The summed E-state index contributed by atoms with van der Waals surface area (Å²) in [6.07, 6.45) is -4.33. The molecule has 1 N–H and O–H groups in total. The fourth-order valence-corrected chi connectivity index (χ4v) is 4.92. The van der Waals surface area contributed by atoms with Crippen molar-refractivity contribution in [1.29, 1.82) is 0 Å². The lowest BCUT2D eigenvalue weighted by Crippen LogP contribution is -2.48. The highest BCUT2D eigenvalue weighted by atomic mass is 19.4. The van der Waals surface area contributed by atoms with Gasteiger partial charge in [0, 0.05) is 32.7 Å². The van der Waals surface area contributed by atoms with Crippen LogP contribution in [-0.2, 0) is 12.7 Å². The molecule has 2 aliphatic rings. The topological polar surface area (TPSA) is 30.9 Å². The fourth-order valence-electron chi connectivity index (χ4n) is 4.92. The van der Waals surface area contributed by atoms with Gasteiger partial charge in [-0.3, -0.25) is 14.8 Å². The lowest BCUT2D eigenvalue weighted by atomic mass is 9.95. The molecule has 3 aromatic rings. The molecule has 0 amide bonds. The molecule has 9 heteroatoms. The molecule has 2 aliphatic heterocycles. The molecule has 3 aromatic carbocycles. The van der Waals surface area contributed by atoms with Gasteiger partial charge < -0.3 is 5.32 Å². The molecule has 37 heavy (non-hydrogen) atoms. The Balaban J connectivity index is 1.22. The second kappa shape index (κ2) is 10.6. The first-order chi connectivity index (χ1) is 17.7. The molecule has 2 unspecified atom stereocenters. The van der Waals surface area contributed by atoms with Crippen LogP contribution in [0.3, 0.4) is 0 Å². The first-order valence-corrected chi connectivity index (χ1v) is 12.2. The van der Waals surface area contributed by atoms with Crippen molar-refractivity contribution in [3.05, 3.63) is 107 Å². The summed E-state index contributed by atoms with van der Waals surface area (Å²) in [4.78, 5) is 9.34. The number of piperazine rings is 1. The molecule has 194 valence electrons. The third-order valence-corrected chi connectivity index (χ3v) is 6.86. The summed E-state index contributed by atoms with van der Waals surface area (Å²) in [5, 5.41) is 3.43. The number of hydrogen-bond acceptors (Lipinski definition) is 4. The summed E-state index contributed by atoms with van der Waals surface area (Å²) in [7, 11) is 0. The van der Waals surface area contributed by atoms with E-state index < -0.39 is 11.7 Å². The van der Waals surface area contributed by atoms with Gasteiger partial charge in [0.05, 0.1) is 18.2 Å². The first kappa shape index (κ1) is 25.4. The van der Waals surface area contributed by atoms with Gasteiger partial charge in [0.25, 0.3) is 0 Å². The Bertz CT molecular complexity index is 1250. The van der Waals surface area contributed by atoms with Crippen molar-refractivity contribution in [2.45, 2.75) is 24.8 Å². The van der Waals surface area contributed by atoms with E-state index in [9.17, 15) is 22.0 Å². The molecule has 0 spiro atoms. The lowest BCUT2D eigenvalue weighted by Gasteiger charge is -2.34. The first-order valence-electron chi connectivity index (χ1n) is 12.2. The maximum atomic E-state index is 14.0. The van der Waals surface area contributed by atoms with Crippen LogP contribution >= 0.6 is 0 Å². The van der Waals surface area contributed by atoms with Crippen LogP contribution in [0.4, 0.5) is 22.0 Å². The predicted octanol–water partition coefficient (Wildman–Crippen LogP) is 5.59. The Morgan fingerprint density at radius 3 is 1.92 bits per heavy atom. The van der Waals surface area contributed by atoms with Gasteiger partial charge in [0.15, 0.2) is 0 Å². The quantitative estimate of drug-likeness (QED) is 0.436. The van der Waals surface area contributed by atoms with Gasteiger partial charge in [-0.15, -0.1) is 0 Å². The van der Waals surface area contributed by atoms with E-state index in [1.165, 1.54) is 36.4 Å². The van der Waals surface area contributed by atoms with Crippen molar-refractivity contribution >= 4 is 5.84 Å². The maximum Gasteiger partial charge on any atom is 0.416 e. The monoisotopic (exact) mass is 514 g/mol. The van der Waals surface area contributed by atoms with E-state index in [-0.39, 0.29) is 23.7 Å². The minimum Gasteiger partial charge on any atom is -0.363 e. The largest absolute Gasteiger partial charge is 0.416 e. The highest BCUT2D eigenvalue weighted by Crippen LogP contribution is 2.36. The summed E-state index contributed by atoms with van der Waals surface area (Å²) < 4.78 is 66.3. The number of halogens is 5. The zero-order valence-corrected chi connectivity index (χ0v) is 20.1. The lowest BCUT2D eigenvalue weighted by molar-refractivity contribution is -0.137. The molecule has 0 radical (unpaired) electrons. The van der Waals surface area contributed by atoms with Crippen LogP contribution in [0.25, 0.3) is 0 Å². The number of nitrogens with one attached hydrogen (secondary N) is 1. The van der Waals surface area contributed by atoms with Gasteiger partial charge in [-0.05, 0) is 53.1 Å². The summed E-state index contributed by atoms with van der Waals surface area (Å²) >= 11 is 0. The van der Waals surface area contributed by atoms with Crippen molar-refractivity contribution < 1.29 is 22.0 Å². The Morgan fingerprint density at radius 2 is 1.32 bits per heavy atom. The second-order valence-corrected chi connectivity index (χ2v) is 9.50. The number of aliphatic imine (C=N–C) groups is 1. The summed E-state index contributed by atoms with van der Waals surface area (Å²) in [5.74, 6) is 0.0814. The van der Waals surface area contributed by atoms with E-state index in [2.05, 4.69) is 15.1 Å². The van der Waals surface area contributed by atoms with Crippen LogP contribution in [0, 0.1) is 11.6 Å². The number of nitrogens with zero attached hydrogens (tertiary/aromatic N) is 3. The van der Waals surface area contributed by atoms with Gasteiger partial charge in [-0.1, -0.05) is 36.4 Å². The Kier molecular flexibility index (Phi) is 7.26. The van der Waals surface area contributed by atoms with E-state index >= 15 is 0 Å². The molecule has 4 nitrogen and oxygen atoms in total. The van der Waals surface area contributed by atoms with Gasteiger partial charge in [0.1, 0.15) is 23.5 Å². The minimum absolute atomic E-state index is 0.312. The normalized spacial score (nSPS) is 21.1. The second-order valence-electron chi connectivity index (χ2n) is 9.50. The molecule has 0 aromatic heterocycles. The average molecular weight is 515 g/mol. The van der Waals surface area contributed by atoms with Crippen LogP contribution in [0.1, 0.15) is 34.3 Å². The highest BCUT2D eigenvalue weighted by Gasteiger charge is 2.33. The number of alkyl halides is 3. The Hall–Kier alpha value is -3.30. The van der Waals surface area contributed by atoms with Crippen molar-refractivity contribution in [2.24, 2.45) is 4.99 Å². The summed E-state index contributed by atoms with van der Waals surface area (Å²) in [6, 6.07) is 17.3. The Morgan fingerprint density at radius 1 is 0.757 bits per heavy atom. The summed E-state index contributed by atoms with van der Waals surface area (Å²) in [6.45, 7) is 4.26. The predicted molar refractivity (Wildman–Crippen MR) is 132 cm³/mol. The molecule has 0 saturated carbocycles. The van der Waals surface area contributed by atoms with Crippen LogP contribution in [0.5, 0.6) is 0 Å². The van der Waals surface area contributed by atoms with E-state index in [1.807, 2.05) is 12.1 Å². The maximum absolute atomic E-state index is 14.0. The minimum atomic E-state index is -4.33. The van der Waals surface area contributed by atoms with Crippen LogP contribution in [-0.4, -0.2) is 48.4 Å². The smallest absolute Gasteiger partial charge is 0.363 e. The molecule has 5 rings (SSSR count). The van der Waals surface area contributed by atoms with Gasteiger partial charge >= 0.3 is 6.18 Å². The molecule has 2 atom stereocenters. The zero-order valence-electron chi connectivity index (χ0n) is 20.1. The van der Waals surface area contributed by atoms with E-state index in [1.54, 1.807) is 12.1 Å². The van der Waals surface area contributed by atoms with Crippen LogP contribution in [0.15, 0.2) is 77.8 Å². The molecule has 2 heterocycles. The van der Waals surface area contributed by atoms with Crippen molar-refractivity contribution in [1.82, 2.24) is 15.1 Å².